The van der Waals surface area contributed by atoms with Crippen molar-refractivity contribution in [2.24, 2.45) is 17.8 Å². The first-order chi connectivity index (χ1) is 8.24. The predicted octanol–water partition coefficient (Wildman–Crippen LogP) is 1.60. The summed E-state index contributed by atoms with van der Waals surface area (Å²) in [5, 5.41) is 10.3. The molecule has 2 bridgehead atoms. The van der Waals surface area contributed by atoms with Gasteiger partial charge in [0.1, 0.15) is 5.82 Å². The van der Waals surface area contributed by atoms with Crippen LogP contribution < -0.4 is 4.90 Å². The second-order valence-corrected chi connectivity index (χ2v) is 5.98. The third-order valence-corrected chi connectivity index (χ3v) is 5.04. The smallest absolute Gasteiger partial charge is 0.129 e. The molecule has 0 amide bonds. The molecule has 1 N–H and O–H groups in total. The zero-order valence-corrected chi connectivity index (χ0v) is 10.1. The Balaban J connectivity index is 1.72. The molecule has 3 heteroatoms. The largest absolute Gasteiger partial charge is 0.391 e. The average molecular weight is 230 g/mol. The number of aliphatic hydroxyl groups excluding tert-OH is 1. The molecule has 3 nitrogen and oxygen atoms in total. The Hall–Kier alpha value is -1.09. The molecule has 2 saturated carbocycles. The SMILES string of the molecule is Cc1ccnc(N2CC3CC4CC3C2C4O)c1. The number of anilines is 1. The molecule has 2 aliphatic carbocycles. The summed E-state index contributed by atoms with van der Waals surface area (Å²) in [4.78, 5) is 6.85. The van der Waals surface area contributed by atoms with Crippen LogP contribution in [-0.4, -0.2) is 28.8 Å². The van der Waals surface area contributed by atoms with Crippen molar-refractivity contribution >= 4 is 5.82 Å². The maximum absolute atomic E-state index is 10.3. The Morgan fingerprint density at radius 3 is 3.00 bits per heavy atom. The number of aryl methyl sites for hydroxylation is 1. The molecule has 90 valence electrons. The van der Waals surface area contributed by atoms with Crippen LogP contribution in [0.5, 0.6) is 0 Å². The number of rotatable bonds is 1. The molecule has 5 atom stereocenters. The molecule has 1 aromatic heterocycles. The average Bonchev–Trinajstić information content (AvgIpc) is 2.89. The van der Waals surface area contributed by atoms with Crippen molar-refractivity contribution in [1.82, 2.24) is 4.98 Å². The van der Waals surface area contributed by atoms with Crippen molar-refractivity contribution < 1.29 is 5.11 Å². The molecule has 1 aromatic rings. The zero-order chi connectivity index (χ0) is 11.6. The molecular formula is C14H18N2O. The maximum Gasteiger partial charge on any atom is 0.129 e. The number of fused-ring (bicyclic) bond motifs is 1. The molecule has 4 rings (SSSR count). The first kappa shape index (κ1) is 9.89. The minimum absolute atomic E-state index is 0.124. The summed E-state index contributed by atoms with van der Waals surface area (Å²) in [6, 6.07) is 4.51. The molecule has 1 aliphatic heterocycles. The number of hydrogen-bond donors (Lipinski definition) is 1. The number of pyridine rings is 1. The summed E-state index contributed by atoms with van der Waals surface area (Å²) in [6.45, 7) is 3.20. The highest BCUT2D eigenvalue weighted by atomic mass is 16.3. The van der Waals surface area contributed by atoms with Crippen LogP contribution in [0.2, 0.25) is 0 Å². The molecule has 0 radical (unpaired) electrons. The third kappa shape index (κ3) is 1.23. The van der Waals surface area contributed by atoms with E-state index in [0.29, 0.717) is 12.0 Å². The van der Waals surface area contributed by atoms with E-state index in [-0.39, 0.29) is 6.10 Å². The van der Waals surface area contributed by atoms with Gasteiger partial charge in [-0.3, -0.25) is 0 Å². The van der Waals surface area contributed by atoms with E-state index in [1.807, 2.05) is 12.3 Å². The second-order valence-electron chi connectivity index (χ2n) is 5.98. The third-order valence-electron chi connectivity index (χ3n) is 5.04. The van der Waals surface area contributed by atoms with Crippen LogP contribution in [-0.2, 0) is 0 Å². The topological polar surface area (TPSA) is 36.4 Å². The van der Waals surface area contributed by atoms with E-state index < -0.39 is 0 Å². The van der Waals surface area contributed by atoms with E-state index in [9.17, 15) is 5.11 Å². The summed E-state index contributed by atoms with van der Waals surface area (Å²) >= 11 is 0. The Kier molecular flexibility index (Phi) is 1.88. The van der Waals surface area contributed by atoms with E-state index in [4.69, 9.17) is 0 Å². The highest BCUT2D eigenvalue weighted by Crippen LogP contribution is 2.55. The maximum atomic E-state index is 10.3. The second kappa shape index (κ2) is 3.22. The van der Waals surface area contributed by atoms with Crippen LogP contribution in [0, 0.1) is 24.7 Å². The van der Waals surface area contributed by atoms with Gasteiger partial charge in [0.05, 0.1) is 12.1 Å². The van der Waals surface area contributed by atoms with Crippen LogP contribution >= 0.6 is 0 Å². The Morgan fingerprint density at radius 2 is 2.24 bits per heavy atom. The van der Waals surface area contributed by atoms with Crippen molar-refractivity contribution in [3.8, 4) is 0 Å². The van der Waals surface area contributed by atoms with Gasteiger partial charge < -0.3 is 10.0 Å². The Bertz CT molecular complexity index is 459. The first-order valence-corrected chi connectivity index (χ1v) is 6.61. The minimum Gasteiger partial charge on any atom is -0.391 e. The zero-order valence-electron chi connectivity index (χ0n) is 10.1. The first-order valence-electron chi connectivity index (χ1n) is 6.61. The molecule has 0 aromatic carbocycles. The molecule has 0 spiro atoms. The van der Waals surface area contributed by atoms with Gasteiger partial charge in [0.2, 0.25) is 0 Å². The van der Waals surface area contributed by atoms with Crippen LogP contribution in [0.1, 0.15) is 18.4 Å². The van der Waals surface area contributed by atoms with Gasteiger partial charge in [0, 0.05) is 12.7 Å². The number of aliphatic hydroxyl groups is 1. The van der Waals surface area contributed by atoms with E-state index in [0.717, 1.165) is 24.2 Å². The van der Waals surface area contributed by atoms with Crippen molar-refractivity contribution in [3.63, 3.8) is 0 Å². The highest BCUT2D eigenvalue weighted by Gasteiger charge is 2.59. The lowest BCUT2D eigenvalue weighted by atomic mass is 9.88. The number of nitrogens with zero attached hydrogens (tertiary/aromatic N) is 2. The number of hydrogen-bond acceptors (Lipinski definition) is 3. The molecule has 3 fully saturated rings. The summed E-state index contributed by atoms with van der Waals surface area (Å²) in [5.41, 5.74) is 1.25. The van der Waals surface area contributed by atoms with Gasteiger partial charge in [-0.25, -0.2) is 4.98 Å². The quantitative estimate of drug-likeness (QED) is 0.796. The van der Waals surface area contributed by atoms with E-state index in [2.05, 4.69) is 22.9 Å². The lowest BCUT2D eigenvalue weighted by molar-refractivity contribution is 0.0965. The lowest BCUT2D eigenvalue weighted by Crippen LogP contribution is -2.41. The summed E-state index contributed by atoms with van der Waals surface area (Å²) < 4.78 is 0. The molecule has 5 unspecified atom stereocenters. The minimum atomic E-state index is -0.124. The summed E-state index contributed by atoms with van der Waals surface area (Å²) in [5.74, 6) is 3.14. The number of aromatic nitrogens is 1. The predicted molar refractivity (Wildman–Crippen MR) is 65.8 cm³/mol. The monoisotopic (exact) mass is 230 g/mol. The normalized spacial score (nSPS) is 42.5. The van der Waals surface area contributed by atoms with Gasteiger partial charge in [0.15, 0.2) is 0 Å². The summed E-state index contributed by atoms with van der Waals surface area (Å²) in [6.07, 6.45) is 4.22. The molecule has 17 heavy (non-hydrogen) atoms. The van der Waals surface area contributed by atoms with Crippen molar-refractivity contribution in [1.29, 1.82) is 0 Å². The summed E-state index contributed by atoms with van der Waals surface area (Å²) in [7, 11) is 0. The molecule has 2 heterocycles. The van der Waals surface area contributed by atoms with Gasteiger partial charge >= 0.3 is 0 Å². The van der Waals surface area contributed by atoms with Crippen LogP contribution in [0.3, 0.4) is 0 Å². The van der Waals surface area contributed by atoms with Crippen molar-refractivity contribution in [3.05, 3.63) is 23.9 Å². The highest BCUT2D eigenvalue weighted by molar-refractivity contribution is 5.46. The van der Waals surface area contributed by atoms with E-state index in [1.54, 1.807) is 0 Å². The Labute approximate surface area is 101 Å². The van der Waals surface area contributed by atoms with Crippen molar-refractivity contribution in [2.45, 2.75) is 31.9 Å². The van der Waals surface area contributed by atoms with Crippen LogP contribution in [0.4, 0.5) is 5.82 Å². The fraction of sp³-hybridized carbons (Fsp3) is 0.643. The van der Waals surface area contributed by atoms with Gasteiger partial charge in [-0.05, 0) is 55.2 Å². The standard InChI is InChI=1S/C14H18N2O/c1-8-2-3-15-12(4-8)16-7-10-5-9-6-11(10)13(16)14(9)17/h2-4,9-11,13-14,17H,5-7H2,1H3. The van der Waals surface area contributed by atoms with Crippen molar-refractivity contribution in [2.75, 3.05) is 11.4 Å². The fourth-order valence-electron chi connectivity index (χ4n) is 4.35. The van der Waals surface area contributed by atoms with Gasteiger partial charge in [-0.15, -0.1) is 0 Å². The van der Waals surface area contributed by atoms with Crippen LogP contribution in [0.25, 0.3) is 0 Å². The van der Waals surface area contributed by atoms with E-state index >= 15 is 0 Å². The Morgan fingerprint density at radius 1 is 1.35 bits per heavy atom. The molecule has 3 aliphatic rings. The molecular weight excluding hydrogens is 212 g/mol. The van der Waals surface area contributed by atoms with Crippen LogP contribution in [0.15, 0.2) is 18.3 Å². The lowest BCUT2D eigenvalue weighted by Gasteiger charge is -2.29. The fourth-order valence-corrected chi connectivity index (χ4v) is 4.35. The van der Waals surface area contributed by atoms with E-state index in [1.165, 1.54) is 18.4 Å². The van der Waals surface area contributed by atoms with Gasteiger partial charge in [-0.1, -0.05) is 0 Å². The molecule has 1 saturated heterocycles. The van der Waals surface area contributed by atoms with Gasteiger partial charge in [-0.2, -0.15) is 0 Å². The van der Waals surface area contributed by atoms with Gasteiger partial charge in [0.25, 0.3) is 0 Å².